The Morgan fingerprint density at radius 2 is 2.00 bits per heavy atom. The molecule has 80 valence electrons. The summed E-state index contributed by atoms with van der Waals surface area (Å²) in [5, 5.41) is 8.55. The van der Waals surface area contributed by atoms with E-state index in [1.54, 1.807) is 0 Å². The normalized spacial score (nSPS) is 10.8. The van der Waals surface area contributed by atoms with Crippen LogP contribution in [0, 0.1) is 10.1 Å². The van der Waals surface area contributed by atoms with Crippen molar-refractivity contribution in [1.29, 1.82) is 0 Å². The van der Waals surface area contributed by atoms with E-state index in [1.807, 2.05) is 0 Å². The third-order valence-corrected chi connectivity index (χ3v) is 1.90. The monoisotopic (exact) mass is 249 g/mol. The largest absolute Gasteiger partial charge is 0.441 e. The first-order valence-corrected chi connectivity index (χ1v) is 3.62. The molecule has 1 aromatic rings. The second-order valence-electron chi connectivity index (χ2n) is 1.96. The van der Waals surface area contributed by atoms with Crippen molar-refractivity contribution >= 4 is 33.9 Å². The van der Waals surface area contributed by atoms with Gasteiger partial charge in [0.2, 0.25) is 5.69 Å². The fraction of sp³-hybridized carbons (Fsp3) is 0.250. The Hall–Kier alpha value is -1.09. The van der Waals surface area contributed by atoms with Crippen LogP contribution in [0.5, 0.6) is 0 Å². The molecule has 0 aliphatic heterocycles. The number of hydrogen-bond acceptors (Lipinski definition) is 5. The Morgan fingerprint density at radius 3 is 2.29 bits per heavy atom. The number of nitrogen functional groups attached to an aromatic ring is 1. The molecule has 0 spiro atoms. The molecule has 0 fully saturated rings. The topological polar surface area (TPSA) is 82.0 Å². The molecule has 0 atom stereocenters. The van der Waals surface area contributed by atoms with Gasteiger partial charge in [0.15, 0.2) is 5.13 Å². The maximum atomic E-state index is 12.0. The smallest absolute Gasteiger partial charge is 0.375 e. The van der Waals surface area contributed by atoms with Crippen LogP contribution in [-0.4, -0.2) is 9.91 Å². The molecule has 0 radical (unpaired) electrons. The van der Waals surface area contributed by atoms with Gasteiger partial charge in [-0.2, -0.15) is 13.2 Å². The number of nitro groups is 1. The van der Waals surface area contributed by atoms with E-state index in [0.29, 0.717) is 0 Å². The summed E-state index contributed by atoms with van der Waals surface area (Å²) in [5.41, 5.74) is 3.38. The zero-order chi connectivity index (χ0) is 10.2. The number of thiazole rings is 1. The van der Waals surface area contributed by atoms with E-state index in [2.05, 4.69) is 4.98 Å². The summed E-state index contributed by atoms with van der Waals surface area (Å²) in [6, 6.07) is 0. The number of nitrogens with zero attached hydrogens (tertiary/aromatic N) is 2. The van der Waals surface area contributed by atoms with Gasteiger partial charge in [-0.1, -0.05) is 0 Å². The van der Waals surface area contributed by atoms with Crippen molar-refractivity contribution in [2.75, 3.05) is 5.73 Å². The molecule has 10 heteroatoms. The van der Waals surface area contributed by atoms with Gasteiger partial charge in [-0.15, -0.1) is 12.4 Å². The summed E-state index contributed by atoms with van der Waals surface area (Å²) < 4.78 is 36.0. The van der Waals surface area contributed by atoms with Gasteiger partial charge in [0.05, 0.1) is 4.92 Å². The SMILES string of the molecule is Cl.Nc1nc(C(F)(F)F)c([N+](=O)[O-])s1. The molecule has 0 saturated heterocycles. The fourth-order valence-electron chi connectivity index (χ4n) is 0.637. The first kappa shape index (κ1) is 12.9. The lowest BCUT2D eigenvalue weighted by atomic mass is 10.4. The Kier molecular flexibility index (Phi) is 3.66. The molecule has 0 bridgehead atoms. The van der Waals surface area contributed by atoms with Gasteiger partial charge in [-0.25, -0.2) is 4.98 Å². The lowest BCUT2D eigenvalue weighted by molar-refractivity contribution is -0.383. The average Bonchev–Trinajstić information content (AvgIpc) is 2.29. The first-order chi connectivity index (χ1) is 5.82. The van der Waals surface area contributed by atoms with Gasteiger partial charge in [0.1, 0.15) is 0 Å². The Morgan fingerprint density at radius 1 is 1.50 bits per heavy atom. The summed E-state index contributed by atoms with van der Waals surface area (Å²) in [5.74, 6) is 0. The van der Waals surface area contributed by atoms with Crippen molar-refractivity contribution in [3.63, 3.8) is 0 Å². The molecule has 0 amide bonds. The number of alkyl halides is 3. The van der Waals surface area contributed by atoms with Crippen LogP contribution in [0.15, 0.2) is 0 Å². The van der Waals surface area contributed by atoms with E-state index in [0.717, 1.165) is 0 Å². The van der Waals surface area contributed by atoms with E-state index in [1.165, 1.54) is 0 Å². The van der Waals surface area contributed by atoms with E-state index in [4.69, 9.17) is 5.73 Å². The Labute approximate surface area is 85.3 Å². The molecule has 1 rings (SSSR count). The predicted octanol–water partition coefficient (Wildman–Crippen LogP) is 2.07. The van der Waals surface area contributed by atoms with Gasteiger partial charge >= 0.3 is 11.2 Å². The standard InChI is InChI=1S/C4H2F3N3O2S.ClH/c5-4(6,7)1-2(10(11)12)13-3(8)9-1;/h(H2,8,9);1H. The summed E-state index contributed by atoms with van der Waals surface area (Å²) in [6.45, 7) is 0. The fourth-order valence-corrected chi connectivity index (χ4v) is 1.30. The van der Waals surface area contributed by atoms with Crippen LogP contribution in [-0.2, 0) is 6.18 Å². The molecule has 0 unspecified atom stereocenters. The van der Waals surface area contributed by atoms with Gasteiger partial charge in [-0.3, -0.25) is 10.1 Å². The van der Waals surface area contributed by atoms with Crippen LogP contribution in [0.25, 0.3) is 0 Å². The minimum atomic E-state index is -4.84. The number of hydrogen-bond donors (Lipinski definition) is 1. The third kappa shape index (κ3) is 2.45. The maximum Gasteiger partial charge on any atom is 0.441 e. The quantitative estimate of drug-likeness (QED) is 0.610. The van der Waals surface area contributed by atoms with Gasteiger partial charge < -0.3 is 5.73 Å². The van der Waals surface area contributed by atoms with Crippen LogP contribution in [0.2, 0.25) is 0 Å². The lowest BCUT2D eigenvalue weighted by Gasteiger charge is -1.99. The molecule has 0 aliphatic carbocycles. The average molecular weight is 250 g/mol. The Bertz CT molecular complexity index is 352. The maximum absolute atomic E-state index is 12.0. The minimum absolute atomic E-state index is 0. The summed E-state index contributed by atoms with van der Waals surface area (Å²) in [4.78, 5) is 11.8. The highest BCUT2D eigenvalue weighted by atomic mass is 35.5. The zero-order valence-corrected chi connectivity index (χ0v) is 7.87. The van der Waals surface area contributed by atoms with E-state index >= 15 is 0 Å². The van der Waals surface area contributed by atoms with Crippen molar-refractivity contribution in [1.82, 2.24) is 4.98 Å². The highest BCUT2D eigenvalue weighted by molar-refractivity contribution is 7.18. The van der Waals surface area contributed by atoms with Crippen LogP contribution < -0.4 is 5.73 Å². The van der Waals surface area contributed by atoms with Crippen molar-refractivity contribution in [3.05, 3.63) is 15.8 Å². The molecule has 1 aromatic heterocycles. The van der Waals surface area contributed by atoms with Crippen LogP contribution in [0.1, 0.15) is 5.69 Å². The molecule has 0 aromatic carbocycles. The second-order valence-corrected chi connectivity index (χ2v) is 2.97. The zero-order valence-electron chi connectivity index (χ0n) is 6.24. The second kappa shape index (κ2) is 3.96. The van der Waals surface area contributed by atoms with Crippen LogP contribution in [0.3, 0.4) is 0 Å². The molecule has 5 nitrogen and oxygen atoms in total. The highest BCUT2D eigenvalue weighted by Gasteiger charge is 2.42. The summed E-state index contributed by atoms with van der Waals surface area (Å²) in [7, 11) is 0. The van der Waals surface area contributed by atoms with Crippen LogP contribution in [0.4, 0.5) is 23.3 Å². The molecule has 1 heterocycles. The van der Waals surface area contributed by atoms with Crippen molar-refractivity contribution < 1.29 is 18.1 Å². The van der Waals surface area contributed by atoms with Crippen molar-refractivity contribution in [2.45, 2.75) is 6.18 Å². The molecule has 14 heavy (non-hydrogen) atoms. The molecule has 2 N–H and O–H groups in total. The number of aromatic nitrogens is 1. The highest BCUT2D eigenvalue weighted by Crippen LogP contribution is 2.39. The number of halogens is 4. The van der Waals surface area contributed by atoms with E-state index in [-0.39, 0.29) is 23.7 Å². The van der Waals surface area contributed by atoms with Crippen LogP contribution >= 0.6 is 23.7 Å². The predicted molar refractivity (Wildman–Crippen MR) is 45.4 cm³/mol. The van der Waals surface area contributed by atoms with Gasteiger partial charge in [0.25, 0.3) is 0 Å². The van der Waals surface area contributed by atoms with Crippen molar-refractivity contribution in [3.8, 4) is 0 Å². The minimum Gasteiger partial charge on any atom is -0.375 e. The van der Waals surface area contributed by atoms with Gasteiger partial charge in [-0.05, 0) is 11.3 Å². The molecular weight excluding hydrogens is 247 g/mol. The molecule has 0 aliphatic rings. The molecule has 0 saturated carbocycles. The molecular formula is C4H3ClF3N3O2S. The summed E-state index contributed by atoms with van der Waals surface area (Å²) in [6.07, 6.45) is -4.84. The Balaban J connectivity index is 0.00000169. The summed E-state index contributed by atoms with van der Waals surface area (Å²) >= 11 is 0.197. The number of nitrogens with two attached hydrogens (primary N) is 1. The van der Waals surface area contributed by atoms with Gasteiger partial charge in [0, 0.05) is 0 Å². The lowest BCUT2D eigenvalue weighted by Crippen LogP contribution is -2.08. The third-order valence-electron chi connectivity index (χ3n) is 1.06. The number of rotatable bonds is 1. The number of anilines is 1. The first-order valence-electron chi connectivity index (χ1n) is 2.80. The van der Waals surface area contributed by atoms with E-state index in [9.17, 15) is 23.3 Å². The van der Waals surface area contributed by atoms with E-state index < -0.39 is 26.9 Å². The van der Waals surface area contributed by atoms with Crippen molar-refractivity contribution in [2.24, 2.45) is 0 Å².